The van der Waals surface area contributed by atoms with Gasteiger partial charge >= 0.3 is 0 Å². The summed E-state index contributed by atoms with van der Waals surface area (Å²) in [5.41, 5.74) is 2.23. The van der Waals surface area contributed by atoms with Crippen LogP contribution in [0.2, 0.25) is 0 Å². The van der Waals surface area contributed by atoms with Crippen LogP contribution in [0, 0.1) is 5.82 Å². The van der Waals surface area contributed by atoms with Crippen LogP contribution in [-0.4, -0.2) is 21.4 Å². The van der Waals surface area contributed by atoms with Crippen LogP contribution in [0.3, 0.4) is 0 Å². The first-order chi connectivity index (χ1) is 14.7. The fourth-order valence-electron chi connectivity index (χ4n) is 4.55. The molecular weight excluding hydrogens is 375 g/mol. The Labute approximate surface area is 181 Å². The second kappa shape index (κ2) is 11.9. The van der Waals surface area contributed by atoms with E-state index in [1.807, 2.05) is 18.2 Å². The highest BCUT2D eigenvalue weighted by Gasteiger charge is 2.26. The van der Waals surface area contributed by atoms with Gasteiger partial charge in [-0.05, 0) is 49.1 Å². The van der Waals surface area contributed by atoms with Crippen molar-refractivity contribution in [2.24, 2.45) is 0 Å². The van der Waals surface area contributed by atoms with Crippen molar-refractivity contribution in [1.29, 1.82) is 0 Å². The van der Waals surface area contributed by atoms with Gasteiger partial charge < -0.3 is 9.47 Å². The molecule has 1 amide bonds. The van der Waals surface area contributed by atoms with Gasteiger partial charge in [0, 0.05) is 30.9 Å². The van der Waals surface area contributed by atoms with Gasteiger partial charge in [-0.1, -0.05) is 64.0 Å². The van der Waals surface area contributed by atoms with Crippen LogP contribution in [0.4, 0.5) is 4.39 Å². The molecule has 1 fully saturated rings. The Hall–Kier alpha value is -2.10. The number of rotatable bonds is 11. The number of carbonyl (C=O) groups is 1. The number of halogens is 1. The molecule has 0 unspecified atom stereocenters. The van der Waals surface area contributed by atoms with Crippen molar-refractivity contribution >= 4 is 5.91 Å². The number of hydrogen-bond donors (Lipinski definition) is 0. The van der Waals surface area contributed by atoms with E-state index in [-0.39, 0.29) is 5.82 Å². The van der Waals surface area contributed by atoms with Crippen LogP contribution in [0.25, 0.3) is 0 Å². The molecule has 0 aliphatic heterocycles. The normalized spacial score (nSPS) is 14.7. The SMILES string of the molecule is CCCCCCCC(=O)N(Cc1cccn1Cc1ccc(F)cc1)C1CCCCC1. The smallest absolute Gasteiger partial charge is 0.223 e. The summed E-state index contributed by atoms with van der Waals surface area (Å²) in [6.45, 7) is 3.59. The third kappa shape index (κ3) is 6.72. The van der Waals surface area contributed by atoms with Crippen molar-refractivity contribution in [2.75, 3.05) is 0 Å². The Kier molecular flexibility index (Phi) is 8.98. The molecule has 1 aromatic heterocycles. The van der Waals surface area contributed by atoms with E-state index in [1.54, 1.807) is 0 Å². The molecule has 1 heterocycles. The minimum atomic E-state index is -0.209. The van der Waals surface area contributed by atoms with E-state index in [2.05, 4.69) is 28.7 Å². The molecule has 2 aromatic rings. The monoisotopic (exact) mass is 412 g/mol. The fraction of sp³-hybridized carbons (Fsp3) is 0.577. The third-order valence-electron chi connectivity index (χ3n) is 6.35. The highest BCUT2D eigenvalue weighted by molar-refractivity contribution is 5.76. The summed E-state index contributed by atoms with van der Waals surface area (Å²) in [7, 11) is 0. The number of unbranched alkanes of at least 4 members (excludes halogenated alkanes) is 4. The van der Waals surface area contributed by atoms with Gasteiger partial charge in [0.25, 0.3) is 0 Å². The van der Waals surface area contributed by atoms with E-state index in [1.165, 1.54) is 50.7 Å². The summed E-state index contributed by atoms with van der Waals surface area (Å²) in [4.78, 5) is 15.3. The zero-order chi connectivity index (χ0) is 21.2. The molecule has 1 aliphatic rings. The topological polar surface area (TPSA) is 25.2 Å². The van der Waals surface area contributed by atoms with E-state index < -0.39 is 0 Å². The molecule has 0 N–H and O–H groups in total. The van der Waals surface area contributed by atoms with Gasteiger partial charge in [-0.15, -0.1) is 0 Å². The van der Waals surface area contributed by atoms with Crippen LogP contribution >= 0.6 is 0 Å². The Balaban J connectivity index is 1.66. The van der Waals surface area contributed by atoms with Crippen molar-refractivity contribution in [2.45, 2.75) is 96.7 Å². The minimum absolute atomic E-state index is 0.209. The predicted molar refractivity (Wildman–Crippen MR) is 121 cm³/mol. The molecule has 4 heteroatoms. The number of nitrogens with zero attached hydrogens (tertiary/aromatic N) is 2. The molecule has 1 aliphatic carbocycles. The van der Waals surface area contributed by atoms with Crippen LogP contribution < -0.4 is 0 Å². The lowest BCUT2D eigenvalue weighted by atomic mass is 9.93. The fourth-order valence-corrected chi connectivity index (χ4v) is 4.55. The van der Waals surface area contributed by atoms with E-state index in [0.29, 0.717) is 31.5 Å². The van der Waals surface area contributed by atoms with E-state index in [0.717, 1.165) is 36.9 Å². The largest absolute Gasteiger partial charge is 0.345 e. The van der Waals surface area contributed by atoms with Gasteiger partial charge in [-0.3, -0.25) is 4.79 Å². The van der Waals surface area contributed by atoms with Gasteiger partial charge in [0.2, 0.25) is 5.91 Å². The molecule has 1 saturated carbocycles. The Morgan fingerprint density at radius 1 is 1.03 bits per heavy atom. The van der Waals surface area contributed by atoms with E-state index in [4.69, 9.17) is 0 Å². The van der Waals surface area contributed by atoms with Crippen LogP contribution in [-0.2, 0) is 17.9 Å². The molecule has 0 radical (unpaired) electrons. The zero-order valence-electron chi connectivity index (χ0n) is 18.5. The van der Waals surface area contributed by atoms with Crippen LogP contribution in [0.15, 0.2) is 42.6 Å². The molecule has 3 rings (SSSR count). The summed E-state index contributed by atoms with van der Waals surface area (Å²) in [5.74, 6) is 0.104. The third-order valence-corrected chi connectivity index (χ3v) is 6.35. The van der Waals surface area contributed by atoms with E-state index in [9.17, 15) is 9.18 Å². The molecular formula is C26H37FN2O. The number of aromatic nitrogens is 1. The quantitative estimate of drug-likeness (QED) is 0.377. The van der Waals surface area contributed by atoms with Crippen molar-refractivity contribution in [3.05, 3.63) is 59.7 Å². The maximum absolute atomic E-state index is 13.2. The maximum atomic E-state index is 13.2. The standard InChI is InChI=1S/C26H37FN2O/c1-2-3-4-5-9-14-26(30)29(24-11-7-6-8-12-24)21-25-13-10-19-28(25)20-22-15-17-23(27)18-16-22/h10,13,15-19,24H,2-9,11-12,14,20-21H2,1H3. The van der Waals surface area contributed by atoms with Gasteiger partial charge in [-0.25, -0.2) is 4.39 Å². The molecule has 0 saturated heterocycles. The predicted octanol–water partition coefficient (Wildman–Crippen LogP) is 6.70. The minimum Gasteiger partial charge on any atom is -0.345 e. The van der Waals surface area contributed by atoms with E-state index >= 15 is 0 Å². The highest BCUT2D eigenvalue weighted by atomic mass is 19.1. The first kappa shape index (κ1) is 22.6. The molecule has 30 heavy (non-hydrogen) atoms. The molecule has 0 bridgehead atoms. The second-order valence-electron chi connectivity index (χ2n) is 8.73. The Bertz CT molecular complexity index is 762. The summed E-state index contributed by atoms with van der Waals surface area (Å²) in [6, 6.07) is 11.2. The number of benzene rings is 1. The molecule has 1 aromatic carbocycles. The number of amides is 1. The average molecular weight is 413 g/mol. The first-order valence-electron chi connectivity index (χ1n) is 11.9. The lowest BCUT2D eigenvalue weighted by Crippen LogP contribution is -2.41. The van der Waals surface area contributed by atoms with Gasteiger partial charge in [0.1, 0.15) is 5.82 Å². The van der Waals surface area contributed by atoms with Gasteiger partial charge in [0.15, 0.2) is 0 Å². The maximum Gasteiger partial charge on any atom is 0.223 e. The number of carbonyl (C=O) groups excluding carboxylic acids is 1. The van der Waals surface area contributed by atoms with Gasteiger partial charge in [-0.2, -0.15) is 0 Å². The summed E-state index contributed by atoms with van der Waals surface area (Å²) in [5, 5.41) is 0. The Morgan fingerprint density at radius 2 is 1.77 bits per heavy atom. The Morgan fingerprint density at radius 3 is 2.50 bits per heavy atom. The summed E-state index contributed by atoms with van der Waals surface area (Å²) in [6.07, 6.45) is 14.6. The van der Waals surface area contributed by atoms with Crippen LogP contribution in [0.5, 0.6) is 0 Å². The summed E-state index contributed by atoms with van der Waals surface area (Å²) >= 11 is 0. The van der Waals surface area contributed by atoms with Crippen molar-refractivity contribution in [3.8, 4) is 0 Å². The summed E-state index contributed by atoms with van der Waals surface area (Å²) < 4.78 is 15.4. The zero-order valence-corrected chi connectivity index (χ0v) is 18.5. The number of hydrogen-bond acceptors (Lipinski definition) is 1. The van der Waals surface area contributed by atoms with Crippen molar-refractivity contribution in [3.63, 3.8) is 0 Å². The first-order valence-corrected chi connectivity index (χ1v) is 11.9. The average Bonchev–Trinajstić information content (AvgIpc) is 3.20. The lowest BCUT2D eigenvalue weighted by Gasteiger charge is -2.35. The lowest BCUT2D eigenvalue weighted by molar-refractivity contribution is -0.135. The van der Waals surface area contributed by atoms with Crippen LogP contribution in [0.1, 0.15) is 88.8 Å². The second-order valence-corrected chi connectivity index (χ2v) is 8.73. The molecule has 0 spiro atoms. The molecule has 3 nitrogen and oxygen atoms in total. The molecule has 0 atom stereocenters. The van der Waals surface area contributed by atoms with Gasteiger partial charge in [0.05, 0.1) is 6.54 Å². The molecule has 164 valence electrons. The van der Waals surface area contributed by atoms with Crippen molar-refractivity contribution in [1.82, 2.24) is 9.47 Å². The van der Waals surface area contributed by atoms with Crippen molar-refractivity contribution < 1.29 is 9.18 Å². The highest BCUT2D eigenvalue weighted by Crippen LogP contribution is 2.26.